The van der Waals surface area contributed by atoms with Crippen LogP contribution in [0, 0.1) is 11.3 Å². The number of nitrogens with zero attached hydrogens (tertiary/aromatic N) is 4. The van der Waals surface area contributed by atoms with Crippen molar-refractivity contribution in [3.63, 3.8) is 0 Å². The minimum absolute atomic E-state index is 0.135. The quantitative estimate of drug-likeness (QED) is 0.689. The predicted octanol–water partition coefficient (Wildman–Crippen LogP) is 3.58. The summed E-state index contributed by atoms with van der Waals surface area (Å²) >= 11 is 6.13. The molecule has 26 heavy (non-hydrogen) atoms. The van der Waals surface area contributed by atoms with Gasteiger partial charge < -0.3 is 9.42 Å². The molecule has 0 bridgehead atoms. The second-order valence-corrected chi connectivity index (χ2v) is 6.07. The Kier molecular flexibility index (Phi) is 5.30. The van der Waals surface area contributed by atoms with Crippen molar-refractivity contribution < 1.29 is 9.32 Å². The summed E-state index contributed by atoms with van der Waals surface area (Å²) in [6, 6.07) is 15.8. The zero-order valence-corrected chi connectivity index (χ0v) is 14.8. The SMILES string of the molecule is CN(CCc1noc(-c2ccccc2Cl)n1)C(=O)c1ccc(C#N)cc1. The van der Waals surface area contributed by atoms with E-state index in [1.165, 1.54) is 0 Å². The number of likely N-dealkylation sites (N-methyl/N-ethyl adjacent to an activating group) is 1. The summed E-state index contributed by atoms with van der Waals surface area (Å²) in [5.41, 5.74) is 1.72. The number of halogens is 1. The number of benzene rings is 2. The molecular weight excluding hydrogens is 352 g/mol. The Hall–Kier alpha value is -3.17. The summed E-state index contributed by atoms with van der Waals surface area (Å²) in [4.78, 5) is 18.3. The molecule has 3 rings (SSSR count). The number of aromatic nitrogens is 2. The van der Waals surface area contributed by atoms with Crippen LogP contribution in [0.15, 0.2) is 53.1 Å². The van der Waals surface area contributed by atoms with E-state index < -0.39 is 0 Å². The third-order valence-electron chi connectivity index (χ3n) is 3.85. The number of hydrogen-bond donors (Lipinski definition) is 0. The molecule has 0 saturated carbocycles. The molecule has 0 aliphatic heterocycles. The highest BCUT2D eigenvalue weighted by Gasteiger charge is 2.15. The lowest BCUT2D eigenvalue weighted by Gasteiger charge is -2.16. The Morgan fingerprint density at radius 1 is 1.23 bits per heavy atom. The minimum atomic E-state index is -0.135. The molecule has 0 atom stereocenters. The van der Waals surface area contributed by atoms with E-state index in [9.17, 15) is 4.79 Å². The number of carbonyl (C=O) groups excluding carboxylic acids is 1. The molecule has 7 heteroatoms. The highest BCUT2D eigenvalue weighted by molar-refractivity contribution is 6.33. The van der Waals surface area contributed by atoms with E-state index in [0.29, 0.717) is 46.4 Å². The van der Waals surface area contributed by atoms with Crippen molar-refractivity contribution in [2.45, 2.75) is 6.42 Å². The van der Waals surface area contributed by atoms with E-state index in [1.54, 1.807) is 48.3 Å². The summed E-state index contributed by atoms with van der Waals surface area (Å²) in [5.74, 6) is 0.718. The highest BCUT2D eigenvalue weighted by Crippen LogP contribution is 2.25. The maximum Gasteiger partial charge on any atom is 0.259 e. The van der Waals surface area contributed by atoms with Gasteiger partial charge in [0.2, 0.25) is 0 Å². The molecule has 0 N–H and O–H groups in total. The van der Waals surface area contributed by atoms with Crippen LogP contribution in [-0.2, 0) is 6.42 Å². The molecule has 2 aromatic carbocycles. The normalized spacial score (nSPS) is 10.3. The van der Waals surface area contributed by atoms with E-state index in [1.807, 2.05) is 18.2 Å². The van der Waals surface area contributed by atoms with Gasteiger partial charge in [-0.2, -0.15) is 10.2 Å². The van der Waals surface area contributed by atoms with E-state index in [4.69, 9.17) is 21.4 Å². The fourth-order valence-corrected chi connectivity index (χ4v) is 2.59. The van der Waals surface area contributed by atoms with Gasteiger partial charge in [0, 0.05) is 25.6 Å². The average Bonchev–Trinajstić information content (AvgIpc) is 3.14. The first-order valence-corrected chi connectivity index (χ1v) is 8.29. The van der Waals surface area contributed by atoms with Crippen molar-refractivity contribution >= 4 is 17.5 Å². The van der Waals surface area contributed by atoms with Gasteiger partial charge in [-0.05, 0) is 36.4 Å². The molecule has 6 nitrogen and oxygen atoms in total. The van der Waals surface area contributed by atoms with Gasteiger partial charge in [0.15, 0.2) is 5.82 Å². The maximum absolute atomic E-state index is 12.4. The number of carbonyl (C=O) groups is 1. The number of nitriles is 1. The van der Waals surface area contributed by atoms with Crippen LogP contribution < -0.4 is 0 Å². The van der Waals surface area contributed by atoms with Crippen LogP contribution in [0.5, 0.6) is 0 Å². The topological polar surface area (TPSA) is 83.0 Å². The zero-order chi connectivity index (χ0) is 18.5. The van der Waals surface area contributed by atoms with Crippen molar-refractivity contribution in [2.24, 2.45) is 0 Å². The summed E-state index contributed by atoms with van der Waals surface area (Å²) < 4.78 is 5.25. The lowest BCUT2D eigenvalue weighted by Crippen LogP contribution is -2.29. The first-order valence-electron chi connectivity index (χ1n) is 7.91. The van der Waals surface area contributed by atoms with Crippen molar-refractivity contribution in [1.82, 2.24) is 15.0 Å². The fraction of sp³-hybridized carbons (Fsp3) is 0.158. The van der Waals surface area contributed by atoms with Crippen LogP contribution in [0.3, 0.4) is 0 Å². The fourth-order valence-electron chi connectivity index (χ4n) is 2.38. The van der Waals surface area contributed by atoms with Crippen LogP contribution >= 0.6 is 11.6 Å². The van der Waals surface area contributed by atoms with Crippen molar-refractivity contribution in [1.29, 1.82) is 5.26 Å². The van der Waals surface area contributed by atoms with Gasteiger partial charge in [-0.15, -0.1) is 0 Å². The van der Waals surface area contributed by atoms with Crippen molar-refractivity contribution in [3.8, 4) is 17.5 Å². The number of rotatable bonds is 5. The molecule has 3 aromatic rings. The second-order valence-electron chi connectivity index (χ2n) is 5.66. The maximum atomic E-state index is 12.4. The van der Waals surface area contributed by atoms with Gasteiger partial charge in [-0.25, -0.2) is 0 Å². The molecule has 0 unspecified atom stereocenters. The highest BCUT2D eigenvalue weighted by atomic mass is 35.5. The Labute approximate surface area is 155 Å². The van der Waals surface area contributed by atoms with Gasteiger partial charge in [0.05, 0.1) is 22.2 Å². The van der Waals surface area contributed by atoms with Gasteiger partial charge >= 0.3 is 0 Å². The van der Waals surface area contributed by atoms with Gasteiger partial charge in [-0.1, -0.05) is 28.9 Å². The van der Waals surface area contributed by atoms with Gasteiger partial charge in [-0.3, -0.25) is 4.79 Å². The summed E-state index contributed by atoms with van der Waals surface area (Å²) in [6.07, 6.45) is 0.451. The standard InChI is InChI=1S/C19H15ClN4O2/c1-24(19(25)14-8-6-13(12-21)7-9-14)11-10-17-22-18(26-23-17)15-4-2-3-5-16(15)20/h2-9H,10-11H2,1H3. The molecule has 0 radical (unpaired) electrons. The summed E-state index contributed by atoms with van der Waals surface area (Å²) in [6.45, 7) is 0.431. The smallest absolute Gasteiger partial charge is 0.259 e. The summed E-state index contributed by atoms with van der Waals surface area (Å²) in [5, 5.41) is 13.3. The van der Waals surface area contributed by atoms with Crippen LogP contribution in [-0.4, -0.2) is 34.5 Å². The number of hydrogen-bond acceptors (Lipinski definition) is 5. The monoisotopic (exact) mass is 366 g/mol. The van der Waals surface area contributed by atoms with Crippen LogP contribution in [0.2, 0.25) is 5.02 Å². The third-order valence-corrected chi connectivity index (χ3v) is 4.18. The van der Waals surface area contributed by atoms with E-state index >= 15 is 0 Å². The molecule has 0 saturated heterocycles. The molecule has 0 spiro atoms. The van der Waals surface area contributed by atoms with Gasteiger partial charge in [0.1, 0.15) is 0 Å². The molecule has 0 aliphatic rings. The van der Waals surface area contributed by atoms with E-state index in [0.717, 1.165) is 0 Å². The molecule has 130 valence electrons. The van der Waals surface area contributed by atoms with Crippen molar-refractivity contribution in [3.05, 3.63) is 70.5 Å². The summed E-state index contributed by atoms with van der Waals surface area (Å²) in [7, 11) is 1.70. The van der Waals surface area contributed by atoms with E-state index in [2.05, 4.69) is 10.1 Å². The second kappa shape index (κ2) is 7.81. The largest absolute Gasteiger partial charge is 0.341 e. The zero-order valence-electron chi connectivity index (χ0n) is 14.0. The number of amides is 1. The van der Waals surface area contributed by atoms with Crippen LogP contribution in [0.1, 0.15) is 21.7 Å². The van der Waals surface area contributed by atoms with Crippen LogP contribution in [0.25, 0.3) is 11.5 Å². The Morgan fingerprint density at radius 2 is 1.96 bits per heavy atom. The lowest BCUT2D eigenvalue weighted by atomic mass is 10.1. The van der Waals surface area contributed by atoms with E-state index in [-0.39, 0.29) is 5.91 Å². The molecule has 0 aliphatic carbocycles. The molecule has 0 fully saturated rings. The average molecular weight is 367 g/mol. The molecular formula is C19H15ClN4O2. The van der Waals surface area contributed by atoms with Crippen LogP contribution in [0.4, 0.5) is 0 Å². The molecule has 1 heterocycles. The third kappa shape index (κ3) is 3.90. The Morgan fingerprint density at radius 3 is 2.65 bits per heavy atom. The first-order chi connectivity index (χ1) is 12.6. The Balaban J connectivity index is 1.63. The molecule has 1 amide bonds. The van der Waals surface area contributed by atoms with Crippen molar-refractivity contribution in [2.75, 3.05) is 13.6 Å². The lowest BCUT2D eigenvalue weighted by molar-refractivity contribution is 0.0796. The van der Waals surface area contributed by atoms with Gasteiger partial charge in [0.25, 0.3) is 11.8 Å². The minimum Gasteiger partial charge on any atom is -0.341 e. The predicted molar refractivity (Wildman–Crippen MR) is 96.6 cm³/mol. The Bertz CT molecular complexity index is 960. The molecule has 1 aromatic heterocycles. The first kappa shape index (κ1) is 17.6.